The van der Waals surface area contributed by atoms with Crippen molar-refractivity contribution in [2.75, 3.05) is 11.7 Å². The number of benzene rings is 2. The molecule has 4 rings (SSSR count). The van der Waals surface area contributed by atoms with Gasteiger partial charge in [-0.2, -0.15) is 0 Å². The number of amides is 3. The molecular weight excluding hydrogens is 415 g/mol. The SMILES string of the molecule is CC(C)(C)CC(=O)N(Cc1ccc2c(c1)OCO2)C1CC(=O)N(c2ccc(F)cc2)C1=O. The van der Waals surface area contributed by atoms with E-state index in [1.165, 1.54) is 29.2 Å². The molecule has 1 unspecified atom stereocenters. The summed E-state index contributed by atoms with van der Waals surface area (Å²) in [6.45, 7) is 6.10. The maximum absolute atomic E-state index is 13.3. The van der Waals surface area contributed by atoms with Gasteiger partial charge in [0.25, 0.3) is 5.91 Å². The monoisotopic (exact) mass is 440 g/mol. The lowest BCUT2D eigenvalue weighted by Gasteiger charge is -2.30. The fourth-order valence-electron chi connectivity index (χ4n) is 3.88. The van der Waals surface area contributed by atoms with Gasteiger partial charge in [-0.25, -0.2) is 9.29 Å². The van der Waals surface area contributed by atoms with Gasteiger partial charge in [0.15, 0.2) is 11.5 Å². The van der Waals surface area contributed by atoms with Gasteiger partial charge in [0.05, 0.1) is 12.1 Å². The standard InChI is InChI=1S/C24H25FN2O5/c1-24(2,3)12-22(29)26(13-15-4-9-19-20(10-15)32-14-31-19)18-11-21(28)27(23(18)30)17-7-5-16(25)6-8-17/h4-10,18H,11-14H2,1-3H3. The molecule has 0 radical (unpaired) electrons. The molecule has 1 saturated heterocycles. The first-order chi connectivity index (χ1) is 15.1. The number of imide groups is 1. The van der Waals surface area contributed by atoms with E-state index in [4.69, 9.17) is 9.47 Å². The number of rotatable bonds is 5. The largest absolute Gasteiger partial charge is 0.454 e. The van der Waals surface area contributed by atoms with E-state index in [1.807, 2.05) is 26.8 Å². The number of ether oxygens (including phenoxy) is 2. The molecule has 1 atom stereocenters. The van der Waals surface area contributed by atoms with E-state index in [1.54, 1.807) is 12.1 Å². The molecule has 0 bridgehead atoms. The third kappa shape index (κ3) is 4.44. The first-order valence-corrected chi connectivity index (χ1v) is 10.4. The van der Waals surface area contributed by atoms with Crippen LogP contribution in [0, 0.1) is 11.2 Å². The Hall–Kier alpha value is -3.42. The molecule has 2 aliphatic heterocycles. The summed E-state index contributed by atoms with van der Waals surface area (Å²) in [6, 6.07) is 9.56. The lowest BCUT2D eigenvalue weighted by atomic mass is 9.91. The number of halogens is 1. The van der Waals surface area contributed by atoms with Gasteiger partial charge in [0, 0.05) is 13.0 Å². The van der Waals surface area contributed by atoms with Gasteiger partial charge in [0.2, 0.25) is 18.6 Å². The van der Waals surface area contributed by atoms with Crippen molar-refractivity contribution in [3.63, 3.8) is 0 Å². The summed E-state index contributed by atoms with van der Waals surface area (Å²) >= 11 is 0. The number of anilines is 1. The predicted octanol–water partition coefficient (Wildman–Crippen LogP) is 3.65. The minimum absolute atomic E-state index is 0.128. The highest BCUT2D eigenvalue weighted by molar-refractivity contribution is 6.23. The Morgan fingerprint density at radius 3 is 2.47 bits per heavy atom. The van der Waals surface area contributed by atoms with Crippen molar-refractivity contribution in [3.05, 3.63) is 53.8 Å². The van der Waals surface area contributed by atoms with Crippen LogP contribution in [0.15, 0.2) is 42.5 Å². The number of nitrogens with zero attached hydrogens (tertiary/aromatic N) is 2. The molecule has 7 nitrogen and oxygen atoms in total. The van der Waals surface area contributed by atoms with Gasteiger partial charge >= 0.3 is 0 Å². The Morgan fingerprint density at radius 2 is 1.78 bits per heavy atom. The second-order valence-corrected chi connectivity index (χ2v) is 9.21. The maximum Gasteiger partial charge on any atom is 0.257 e. The van der Waals surface area contributed by atoms with Crippen LogP contribution in [0.25, 0.3) is 0 Å². The van der Waals surface area contributed by atoms with Gasteiger partial charge in [-0.1, -0.05) is 26.8 Å². The third-order valence-corrected chi connectivity index (χ3v) is 5.38. The Morgan fingerprint density at radius 1 is 1.09 bits per heavy atom. The fraction of sp³-hybridized carbons (Fsp3) is 0.375. The highest BCUT2D eigenvalue weighted by atomic mass is 19.1. The van der Waals surface area contributed by atoms with Crippen LogP contribution in [0.5, 0.6) is 11.5 Å². The summed E-state index contributed by atoms with van der Waals surface area (Å²) < 4.78 is 24.1. The first kappa shape index (κ1) is 21.8. The minimum atomic E-state index is -0.937. The van der Waals surface area contributed by atoms with E-state index in [0.29, 0.717) is 11.5 Å². The zero-order valence-electron chi connectivity index (χ0n) is 18.3. The number of hydrogen-bond donors (Lipinski definition) is 0. The highest BCUT2D eigenvalue weighted by Crippen LogP contribution is 2.34. The van der Waals surface area contributed by atoms with Crippen molar-refractivity contribution in [2.45, 2.75) is 46.2 Å². The van der Waals surface area contributed by atoms with Crippen LogP contribution in [0.1, 0.15) is 39.2 Å². The topological polar surface area (TPSA) is 76.2 Å². The van der Waals surface area contributed by atoms with Gasteiger partial charge in [-0.15, -0.1) is 0 Å². The van der Waals surface area contributed by atoms with Gasteiger partial charge in [0.1, 0.15) is 11.9 Å². The van der Waals surface area contributed by atoms with Crippen molar-refractivity contribution in [1.82, 2.24) is 4.90 Å². The van der Waals surface area contributed by atoms with Gasteiger partial charge < -0.3 is 14.4 Å². The zero-order chi connectivity index (χ0) is 23.0. The summed E-state index contributed by atoms with van der Waals surface area (Å²) in [4.78, 5) is 41.8. The Bertz CT molecular complexity index is 1060. The number of hydrogen-bond acceptors (Lipinski definition) is 5. The van der Waals surface area contributed by atoms with Crippen molar-refractivity contribution >= 4 is 23.4 Å². The predicted molar refractivity (Wildman–Crippen MR) is 114 cm³/mol. The minimum Gasteiger partial charge on any atom is -0.454 e. The molecule has 2 heterocycles. The maximum atomic E-state index is 13.3. The normalized spacial score (nSPS) is 17.8. The van der Waals surface area contributed by atoms with Crippen LogP contribution in [-0.2, 0) is 20.9 Å². The van der Waals surface area contributed by atoms with E-state index >= 15 is 0 Å². The number of fused-ring (bicyclic) bond motifs is 1. The van der Waals surface area contributed by atoms with Crippen LogP contribution < -0.4 is 14.4 Å². The zero-order valence-corrected chi connectivity index (χ0v) is 18.3. The van der Waals surface area contributed by atoms with Crippen LogP contribution >= 0.6 is 0 Å². The quantitative estimate of drug-likeness (QED) is 0.664. The van der Waals surface area contributed by atoms with E-state index in [-0.39, 0.29) is 43.2 Å². The Kier molecular flexibility index (Phi) is 5.62. The summed E-state index contributed by atoms with van der Waals surface area (Å²) in [6.07, 6.45) is 0.0860. The lowest BCUT2D eigenvalue weighted by molar-refractivity contribution is -0.140. The molecule has 2 aliphatic rings. The number of carbonyl (C=O) groups excluding carboxylic acids is 3. The second-order valence-electron chi connectivity index (χ2n) is 9.21. The second kappa shape index (κ2) is 8.26. The summed E-state index contributed by atoms with van der Waals surface area (Å²) in [5.74, 6) is -0.407. The van der Waals surface area contributed by atoms with Crippen molar-refractivity contribution in [2.24, 2.45) is 5.41 Å². The lowest BCUT2D eigenvalue weighted by Crippen LogP contribution is -2.46. The molecule has 0 saturated carbocycles. The van der Waals surface area contributed by atoms with Crippen LogP contribution in [0.3, 0.4) is 0 Å². The Labute approximate surface area is 185 Å². The molecular formula is C24H25FN2O5. The van der Waals surface area contributed by atoms with E-state index in [0.717, 1.165) is 10.5 Å². The fourth-order valence-corrected chi connectivity index (χ4v) is 3.88. The van der Waals surface area contributed by atoms with E-state index < -0.39 is 23.7 Å². The molecule has 168 valence electrons. The molecule has 1 fully saturated rings. The average molecular weight is 440 g/mol. The molecule has 8 heteroatoms. The van der Waals surface area contributed by atoms with Crippen molar-refractivity contribution in [3.8, 4) is 11.5 Å². The molecule has 0 aromatic heterocycles. The summed E-state index contributed by atoms with van der Waals surface area (Å²) in [7, 11) is 0. The van der Waals surface area contributed by atoms with Crippen LogP contribution in [0.2, 0.25) is 0 Å². The van der Waals surface area contributed by atoms with Gasteiger partial charge in [-0.05, 0) is 47.4 Å². The highest BCUT2D eigenvalue weighted by Gasteiger charge is 2.44. The molecule has 2 aromatic carbocycles. The molecule has 0 N–H and O–H groups in total. The summed E-state index contributed by atoms with van der Waals surface area (Å²) in [5.41, 5.74) is 0.749. The number of carbonyl (C=O) groups is 3. The first-order valence-electron chi connectivity index (χ1n) is 10.4. The smallest absolute Gasteiger partial charge is 0.257 e. The van der Waals surface area contributed by atoms with Crippen LogP contribution in [0.4, 0.5) is 10.1 Å². The third-order valence-electron chi connectivity index (χ3n) is 5.38. The Balaban J connectivity index is 1.63. The summed E-state index contributed by atoms with van der Waals surface area (Å²) in [5, 5.41) is 0. The average Bonchev–Trinajstić information content (AvgIpc) is 3.29. The van der Waals surface area contributed by atoms with E-state index in [2.05, 4.69) is 0 Å². The van der Waals surface area contributed by atoms with Crippen molar-refractivity contribution in [1.29, 1.82) is 0 Å². The molecule has 3 amide bonds. The van der Waals surface area contributed by atoms with E-state index in [9.17, 15) is 18.8 Å². The molecule has 0 spiro atoms. The van der Waals surface area contributed by atoms with Crippen molar-refractivity contribution < 1.29 is 28.2 Å². The molecule has 32 heavy (non-hydrogen) atoms. The molecule has 0 aliphatic carbocycles. The van der Waals surface area contributed by atoms with Crippen LogP contribution in [-0.4, -0.2) is 35.5 Å². The molecule has 2 aromatic rings. The van der Waals surface area contributed by atoms with Gasteiger partial charge in [-0.3, -0.25) is 14.4 Å².